The fourth-order valence-electron chi connectivity index (χ4n) is 2.09. The van der Waals surface area contributed by atoms with Crippen LogP contribution >= 0.6 is 0 Å². The Balaban J connectivity index is 0.00000144. The van der Waals surface area contributed by atoms with Crippen molar-refractivity contribution >= 4 is 12.6 Å². The molecule has 1 fully saturated rings. The molecule has 0 radical (unpaired) electrons. The second-order valence-electron chi connectivity index (χ2n) is 4.32. The second-order valence-corrected chi connectivity index (χ2v) is 4.32. The van der Waals surface area contributed by atoms with Gasteiger partial charge in [-0.05, 0) is 43.3 Å². The molecule has 1 aromatic carbocycles. The van der Waals surface area contributed by atoms with Crippen molar-refractivity contribution in [3.63, 3.8) is 0 Å². The minimum Gasteiger partial charge on any atom is -0.490 e. The zero-order valence-electron chi connectivity index (χ0n) is 9.30. The highest BCUT2D eigenvalue weighted by molar-refractivity contribution is 6.58. The quantitative estimate of drug-likeness (QED) is 0.766. The highest BCUT2D eigenvalue weighted by atomic mass is 16.5. The van der Waals surface area contributed by atoms with Crippen LogP contribution in [0.4, 0.5) is 0 Å². The summed E-state index contributed by atoms with van der Waals surface area (Å²) in [4.78, 5) is 0. The molecule has 3 nitrogen and oxygen atoms in total. The SMILES string of the molecule is OB(O)c1ccc(OC2CCCCC2)cc1.[HH].[HH]. The molecule has 0 atom stereocenters. The monoisotopic (exact) mass is 224 g/mol. The molecule has 1 aromatic rings. The standard InChI is InChI=1S/C12H17BO3.2H2/c14-13(15)10-6-8-12(9-7-10)16-11-4-2-1-3-5-11;;/h6-9,11,14-15H,1-5H2;2*1H. The molecule has 90 valence electrons. The van der Waals surface area contributed by atoms with E-state index in [2.05, 4.69) is 0 Å². The first-order valence-corrected chi connectivity index (χ1v) is 5.88. The Morgan fingerprint density at radius 2 is 1.69 bits per heavy atom. The summed E-state index contributed by atoms with van der Waals surface area (Å²) in [6, 6.07) is 6.96. The molecule has 0 amide bonds. The van der Waals surface area contributed by atoms with Crippen LogP contribution in [0.1, 0.15) is 35.0 Å². The van der Waals surface area contributed by atoms with Crippen LogP contribution in [-0.4, -0.2) is 23.3 Å². The van der Waals surface area contributed by atoms with E-state index in [1.165, 1.54) is 19.3 Å². The Kier molecular flexibility index (Phi) is 3.85. The van der Waals surface area contributed by atoms with Crippen molar-refractivity contribution in [1.82, 2.24) is 0 Å². The molecule has 0 heterocycles. The van der Waals surface area contributed by atoms with Gasteiger partial charge in [0.25, 0.3) is 0 Å². The first kappa shape index (κ1) is 11.5. The molecule has 1 aliphatic rings. The molecule has 1 aliphatic carbocycles. The van der Waals surface area contributed by atoms with Gasteiger partial charge in [0.2, 0.25) is 0 Å². The third-order valence-electron chi connectivity index (χ3n) is 3.03. The van der Waals surface area contributed by atoms with Crippen LogP contribution in [0.15, 0.2) is 24.3 Å². The predicted molar refractivity (Wildman–Crippen MR) is 68.0 cm³/mol. The lowest BCUT2D eigenvalue weighted by atomic mass is 9.80. The van der Waals surface area contributed by atoms with Gasteiger partial charge in [-0.3, -0.25) is 0 Å². The van der Waals surface area contributed by atoms with Gasteiger partial charge in [-0.2, -0.15) is 0 Å². The zero-order chi connectivity index (χ0) is 11.4. The Morgan fingerprint density at radius 3 is 2.25 bits per heavy atom. The van der Waals surface area contributed by atoms with Gasteiger partial charge >= 0.3 is 7.12 Å². The van der Waals surface area contributed by atoms with Crippen molar-refractivity contribution in [2.24, 2.45) is 0 Å². The minimum atomic E-state index is -1.40. The zero-order valence-corrected chi connectivity index (χ0v) is 9.30. The van der Waals surface area contributed by atoms with Crippen molar-refractivity contribution in [1.29, 1.82) is 0 Å². The van der Waals surface area contributed by atoms with E-state index in [4.69, 9.17) is 14.8 Å². The van der Waals surface area contributed by atoms with Crippen LogP contribution < -0.4 is 10.2 Å². The average molecular weight is 224 g/mol. The van der Waals surface area contributed by atoms with E-state index >= 15 is 0 Å². The highest BCUT2D eigenvalue weighted by Gasteiger charge is 2.15. The fraction of sp³-hybridized carbons (Fsp3) is 0.500. The number of hydrogen-bond donors (Lipinski definition) is 2. The molecule has 0 aromatic heterocycles. The lowest BCUT2D eigenvalue weighted by Crippen LogP contribution is -2.29. The summed E-state index contributed by atoms with van der Waals surface area (Å²) < 4.78 is 5.83. The van der Waals surface area contributed by atoms with Gasteiger partial charge < -0.3 is 14.8 Å². The minimum absolute atomic E-state index is 0. The van der Waals surface area contributed by atoms with E-state index in [0.717, 1.165) is 18.6 Å². The fourth-order valence-corrected chi connectivity index (χ4v) is 2.09. The summed E-state index contributed by atoms with van der Waals surface area (Å²) in [5.41, 5.74) is 0.496. The van der Waals surface area contributed by atoms with Crippen LogP contribution in [0.2, 0.25) is 0 Å². The maximum absolute atomic E-state index is 8.95. The number of ether oxygens (including phenoxy) is 1. The van der Waals surface area contributed by atoms with Crippen LogP contribution in [0, 0.1) is 0 Å². The third-order valence-corrected chi connectivity index (χ3v) is 3.03. The van der Waals surface area contributed by atoms with Crippen LogP contribution in [-0.2, 0) is 0 Å². The summed E-state index contributed by atoms with van der Waals surface area (Å²) in [6.07, 6.45) is 6.40. The van der Waals surface area contributed by atoms with E-state index in [1.807, 2.05) is 0 Å². The second kappa shape index (κ2) is 5.37. The molecule has 2 N–H and O–H groups in total. The predicted octanol–water partition coefficient (Wildman–Crippen LogP) is 1.57. The Labute approximate surface area is 99.2 Å². The summed E-state index contributed by atoms with van der Waals surface area (Å²) in [6.45, 7) is 0. The highest BCUT2D eigenvalue weighted by Crippen LogP contribution is 2.22. The third kappa shape index (κ3) is 3.00. The van der Waals surface area contributed by atoms with Gasteiger partial charge in [0.15, 0.2) is 0 Å². The lowest BCUT2D eigenvalue weighted by molar-refractivity contribution is 0.155. The first-order chi connectivity index (χ1) is 7.75. The number of benzene rings is 1. The molecule has 0 saturated heterocycles. The molecule has 1 saturated carbocycles. The van der Waals surface area contributed by atoms with Gasteiger partial charge in [-0.1, -0.05) is 18.6 Å². The van der Waals surface area contributed by atoms with E-state index in [1.54, 1.807) is 24.3 Å². The Bertz CT molecular complexity index is 327. The van der Waals surface area contributed by atoms with Crippen molar-refractivity contribution < 1.29 is 17.6 Å². The lowest BCUT2D eigenvalue weighted by Gasteiger charge is -2.23. The molecular weight excluding hydrogens is 203 g/mol. The van der Waals surface area contributed by atoms with Crippen LogP contribution in [0.3, 0.4) is 0 Å². The van der Waals surface area contributed by atoms with E-state index in [9.17, 15) is 0 Å². The van der Waals surface area contributed by atoms with E-state index in [-0.39, 0.29) is 2.85 Å². The summed E-state index contributed by atoms with van der Waals surface area (Å²) in [5, 5.41) is 17.9. The average Bonchev–Trinajstić information content (AvgIpc) is 2.31. The Morgan fingerprint density at radius 1 is 1.06 bits per heavy atom. The topological polar surface area (TPSA) is 49.7 Å². The van der Waals surface area contributed by atoms with Gasteiger partial charge in [-0.25, -0.2) is 0 Å². The molecule has 0 unspecified atom stereocenters. The normalized spacial score (nSPS) is 17.1. The largest absolute Gasteiger partial charge is 0.490 e. The Hall–Kier alpha value is -0.995. The molecule has 0 aliphatic heterocycles. The number of hydrogen-bond acceptors (Lipinski definition) is 3. The smallest absolute Gasteiger partial charge is 0.488 e. The molecule has 0 spiro atoms. The van der Waals surface area contributed by atoms with Gasteiger partial charge in [-0.15, -0.1) is 0 Å². The van der Waals surface area contributed by atoms with Crippen molar-refractivity contribution in [3.05, 3.63) is 24.3 Å². The molecule has 4 heteroatoms. The van der Waals surface area contributed by atoms with Crippen molar-refractivity contribution in [2.45, 2.75) is 38.2 Å². The molecule has 2 rings (SSSR count). The van der Waals surface area contributed by atoms with Gasteiger partial charge in [0.1, 0.15) is 5.75 Å². The van der Waals surface area contributed by atoms with Crippen molar-refractivity contribution in [3.8, 4) is 5.75 Å². The molecule has 16 heavy (non-hydrogen) atoms. The van der Waals surface area contributed by atoms with Crippen molar-refractivity contribution in [2.75, 3.05) is 0 Å². The summed E-state index contributed by atoms with van der Waals surface area (Å²) in [7, 11) is -1.40. The maximum Gasteiger partial charge on any atom is 0.488 e. The summed E-state index contributed by atoms with van der Waals surface area (Å²) in [5.74, 6) is 0.816. The first-order valence-electron chi connectivity index (χ1n) is 5.88. The van der Waals surface area contributed by atoms with Gasteiger partial charge in [0, 0.05) is 2.85 Å². The van der Waals surface area contributed by atoms with E-state index < -0.39 is 7.12 Å². The molecule has 0 bridgehead atoms. The van der Waals surface area contributed by atoms with Crippen LogP contribution in [0.25, 0.3) is 0 Å². The van der Waals surface area contributed by atoms with Gasteiger partial charge in [0.05, 0.1) is 6.10 Å². The molecular formula is C12H21BO3. The van der Waals surface area contributed by atoms with Crippen LogP contribution in [0.5, 0.6) is 5.75 Å². The maximum atomic E-state index is 8.95. The number of rotatable bonds is 3. The summed E-state index contributed by atoms with van der Waals surface area (Å²) >= 11 is 0. The van der Waals surface area contributed by atoms with E-state index in [0.29, 0.717) is 11.6 Å².